The summed E-state index contributed by atoms with van der Waals surface area (Å²) in [4.78, 5) is 40.0. The van der Waals surface area contributed by atoms with Gasteiger partial charge in [-0.3, -0.25) is 4.79 Å². The Balaban J connectivity index is 1.64. The summed E-state index contributed by atoms with van der Waals surface area (Å²) >= 11 is 0. The average molecular weight is 431 g/mol. The number of carbonyl (C=O) groups excluding carboxylic acids is 1. The van der Waals surface area contributed by atoms with Crippen LogP contribution in [0.15, 0.2) is 23.1 Å². The van der Waals surface area contributed by atoms with Crippen molar-refractivity contribution in [2.75, 3.05) is 31.1 Å². The molecule has 0 atom stereocenters. The van der Waals surface area contributed by atoms with E-state index in [9.17, 15) is 19.5 Å². The predicted molar refractivity (Wildman–Crippen MR) is 113 cm³/mol. The second-order valence-electron chi connectivity index (χ2n) is 9.09. The molecular weight excluding hydrogens is 405 g/mol. The molecule has 2 fully saturated rings. The van der Waals surface area contributed by atoms with E-state index in [1.54, 1.807) is 35.1 Å². The van der Waals surface area contributed by atoms with Crippen molar-refractivity contribution in [3.05, 3.63) is 39.9 Å². The first-order valence-electron chi connectivity index (χ1n) is 10.4. The van der Waals surface area contributed by atoms with Gasteiger partial charge in [0.2, 0.25) is 5.43 Å². The van der Waals surface area contributed by atoms with Crippen LogP contribution in [0.1, 0.15) is 50.0 Å². The van der Waals surface area contributed by atoms with Crippen molar-refractivity contribution in [3.8, 4) is 0 Å². The van der Waals surface area contributed by atoms with Crippen molar-refractivity contribution in [3.63, 3.8) is 0 Å². The van der Waals surface area contributed by atoms with Gasteiger partial charge in [0.1, 0.15) is 17.0 Å². The summed E-state index contributed by atoms with van der Waals surface area (Å²) in [5, 5.41) is 9.63. The van der Waals surface area contributed by atoms with Gasteiger partial charge < -0.3 is 24.2 Å². The fraction of sp³-hybridized carbons (Fsp3) is 0.500. The summed E-state index contributed by atoms with van der Waals surface area (Å²) < 4.78 is 22.1. The molecule has 0 unspecified atom stereocenters. The molecule has 8 nitrogen and oxygen atoms in total. The highest BCUT2D eigenvalue weighted by Gasteiger charge is 2.30. The van der Waals surface area contributed by atoms with Crippen LogP contribution in [0, 0.1) is 5.82 Å². The van der Waals surface area contributed by atoms with E-state index in [0.717, 1.165) is 12.8 Å². The molecule has 1 amide bonds. The van der Waals surface area contributed by atoms with Gasteiger partial charge in [0, 0.05) is 49.9 Å². The van der Waals surface area contributed by atoms with Crippen LogP contribution < -0.4 is 10.3 Å². The third-order valence-electron chi connectivity index (χ3n) is 5.54. The van der Waals surface area contributed by atoms with E-state index in [1.165, 1.54) is 18.3 Å². The van der Waals surface area contributed by atoms with Gasteiger partial charge in [-0.2, -0.15) is 0 Å². The highest BCUT2D eigenvalue weighted by Crippen LogP contribution is 2.38. The fourth-order valence-electron chi connectivity index (χ4n) is 3.87. The van der Waals surface area contributed by atoms with Crippen LogP contribution in [0.5, 0.6) is 0 Å². The SMILES string of the molecule is CC(C)(C)OC(=O)N1CCN(c2cc3c(=O)c(C(=O)O)cn(C4CC4)c3cc2F)CC1. The van der Waals surface area contributed by atoms with Crippen LogP contribution in [0.4, 0.5) is 14.9 Å². The van der Waals surface area contributed by atoms with Gasteiger partial charge in [-0.1, -0.05) is 0 Å². The number of halogens is 1. The number of carboxylic acids is 1. The van der Waals surface area contributed by atoms with Crippen molar-refractivity contribution in [1.29, 1.82) is 0 Å². The topological polar surface area (TPSA) is 92.1 Å². The predicted octanol–water partition coefficient (Wildman–Crippen LogP) is 3.23. The first-order chi connectivity index (χ1) is 14.5. The lowest BCUT2D eigenvalue weighted by Gasteiger charge is -2.37. The number of ether oxygens (including phenoxy) is 1. The Bertz CT molecular complexity index is 1110. The summed E-state index contributed by atoms with van der Waals surface area (Å²) in [6, 6.07) is 2.85. The number of benzene rings is 1. The minimum atomic E-state index is -1.29. The number of hydrogen-bond donors (Lipinski definition) is 1. The standard InChI is InChI=1S/C22H26FN3O5/c1-22(2,3)31-21(30)25-8-6-24(7-9-25)18-10-14-17(11-16(18)23)26(13-4-5-13)12-15(19(14)27)20(28)29/h10-13H,4-9H2,1-3H3,(H,28,29). The number of anilines is 1. The summed E-state index contributed by atoms with van der Waals surface area (Å²) in [5.41, 5.74) is -0.883. The Morgan fingerprint density at radius 1 is 1.13 bits per heavy atom. The van der Waals surface area contributed by atoms with Gasteiger partial charge in [-0.15, -0.1) is 0 Å². The number of hydrogen-bond acceptors (Lipinski definition) is 5. The van der Waals surface area contributed by atoms with E-state index in [0.29, 0.717) is 31.7 Å². The second-order valence-corrected chi connectivity index (χ2v) is 9.09. The highest BCUT2D eigenvalue weighted by molar-refractivity contribution is 5.93. The molecule has 1 aromatic carbocycles. The van der Waals surface area contributed by atoms with E-state index in [2.05, 4.69) is 0 Å². The molecule has 2 aliphatic rings. The molecule has 1 aliphatic carbocycles. The minimum Gasteiger partial charge on any atom is -0.477 e. The van der Waals surface area contributed by atoms with Crippen LogP contribution in [0.3, 0.4) is 0 Å². The van der Waals surface area contributed by atoms with Crippen LogP contribution >= 0.6 is 0 Å². The Hall–Kier alpha value is -3.10. The van der Waals surface area contributed by atoms with Gasteiger partial charge >= 0.3 is 12.1 Å². The molecule has 166 valence electrons. The molecule has 0 spiro atoms. The lowest BCUT2D eigenvalue weighted by molar-refractivity contribution is 0.0240. The molecule has 2 heterocycles. The van der Waals surface area contributed by atoms with Crippen molar-refractivity contribution in [2.24, 2.45) is 0 Å². The highest BCUT2D eigenvalue weighted by atomic mass is 19.1. The van der Waals surface area contributed by atoms with Gasteiger partial charge in [-0.25, -0.2) is 14.0 Å². The van der Waals surface area contributed by atoms with E-state index in [4.69, 9.17) is 4.74 Å². The number of amides is 1. The van der Waals surface area contributed by atoms with Gasteiger partial charge in [0.05, 0.1) is 11.2 Å². The number of carbonyl (C=O) groups is 2. The molecule has 4 rings (SSSR count). The Morgan fingerprint density at radius 2 is 1.77 bits per heavy atom. The smallest absolute Gasteiger partial charge is 0.410 e. The van der Waals surface area contributed by atoms with Crippen LogP contribution in [-0.4, -0.2) is 58.4 Å². The van der Waals surface area contributed by atoms with E-state index in [1.807, 2.05) is 0 Å². The number of aromatic carboxylic acids is 1. The summed E-state index contributed by atoms with van der Waals surface area (Å²) in [5.74, 6) is -1.77. The summed E-state index contributed by atoms with van der Waals surface area (Å²) in [6.45, 7) is 6.85. The molecular formula is C22H26FN3O5. The lowest BCUT2D eigenvalue weighted by Crippen LogP contribution is -2.50. The molecule has 31 heavy (non-hydrogen) atoms. The molecule has 1 saturated carbocycles. The number of carboxylic acid groups (broad SMARTS) is 1. The number of aromatic nitrogens is 1. The molecule has 1 aromatic heterocycles. The van der Waals surface area contributed by atoms with Gasteiger partial charge in [-0.05, 0) is 39.7 Å². The molecule has 9 heteroatoms. The molecule has 1 N–H and O–H groups in total. The molecule has 1 saturated heterocycles. The van der Waals surface area contributed by atoms with E-state index >= 15 is 4.39 Å². The van der Waals surface area contributed by atoms with Crippen molar-refractivity contribution in [1.82, 2.24) is 9.47 Å². The van der Waals surface area contributed by atoms with Crippen molar-refractivity contribution < 1.29 is 23.8 Å². The zero-order valence-corrected chi connectivity index (χ0v) is 17.9. The number of pyridine rings is 1. The third kappa shape index (κ3) is 4.22. The zero-order valence-electron chi connectivity index (χ0n) is 17.9. The largest absolute Gasteiger partial charge is 0.477 e. The lowest BCUT2D eigenvalue weighted by atomic mass is 10.1. The maximum Gasteiger partial charge on any atom is 0.410 e. The quantitative estimate of drug-likeness (QED) is 0.802. The number of rotatable bonds is 3. The molecule has 1 aliphatic heterocycles. The number of fused-ring (bicyclic) bond motifs is 1. The van der Waals surface area contributed by atoms with Crippen LogP contribution in [0.25, 0.3) is 10.9 Å². The average Bonchev–Trinajstić information content (AvgIpc) is 3.51. The normalized spacial score (nSPS) is 17.2. The number of nitrogens with zero attached hydrogens (tertiary/aromatic N) is 3. The summed E-state index contributed by atoms with van der Waals surface area (Å²) in [6.07, 6.45) is 2.65. The van der Waals surface area contributed by atoms with Gasteiger partial charge in [0.15, 0.2) is 0 Å². The van der Waals surface area contributed by atoms with E-state index < -0.39 is 28.9 Å². The minimum absolute atomic E-state index is 0.0869. The maximum atomic E-state index is 15.1. The first-order valence-corrected chi connectivity index (χ1v) is 10.4. The molecule has 0 bridgehead atoms. The Kier molecular flexibility index (Phi) is 5.15. The van der Waals surface area contributed by atoms with Crippen molar-refractivity contribution >= 4 is 28.7 Å². The second kappa shape index (κ2) is 7.55. The molecule has 2 aromatic rings. The third-order valence-corrected chi connectivity index (χ3v) is 5.54. The molecule has 0 radical (unpaired) electrons. The van der Waals surface area contributed by atoms with Crippen molar-refractivity contribution in [2.45, 2.75) is 45.3 Å². The van der Waals surface area contributed by atoms with Crippen LogP contribution in [0.2, 0.25) is 0 Å². The van der Waals surface area contributed by atoms with Gasteiger partial charge in [0.25, 0.3) is 0 Å². The Labute approximate surface area is 178 Å². The zero-order chi connectivity index (χ0) is 22.5. The number of piperazine rings is 1. The monoisotopic (exact) mass is 431 g/mol. The maximum absolute atomic E-state index is 15.1. The summed E-state index contributed by atoms with van der Waals surface area (Å²) in [7, 11) is 0. The van der Waals surface area contributed by atoms with E-state index in [-0.39, 0.29) is 22.7 Å². The van der Waals surface area contributed by atoms with Crippen LogP contribution in [-0.2, 0) is 4.74 Å². The Morgan fingerprint density at radius 3 is 2.32 bits per heavy atom. The first kappa shape index (κ1) is 21.1. The fourth-order valence-corrected chi connectivity index (χ4v) is 3.87.